The highest BCUT2D eigenvalue weighted by atomic mass is 16.5. The summed E-state index contributed by atoms with van der Waals surface area (Å²) in [5.41, 5.74) is 2.54. The normalized spacial score (nSPS) is 17.1. The van der Waals surface area contributed by atoms with Gasteiger partial charge in [-0.2, -0.15) is 0 Å². The van der Waals surface area contributed by atoms with Crippen molar-refractivity contribution < 1.29 is 4.74 Å². The molecule has 1 aliphatic carbocycles. The molecule has 0 amide bonds. The van der Waals surface area contributed by atoms with Gasteiger partial charge in [0.2, 0.25) is 0 Å². The summed E-state index contributed by atoms with van der Waals surface area (Å²) < 4.78 is 5.56. The highest BCUT2D eigenvalue weighted by molar-refractivity contribution is 5.47. The molecule has 4 N–H and O–H groups in total. The molecule has 6 nitrogen and oxygen atoms in total. The first-order valence-electron chi connectivity index (χ1n) is 6.35. The van der Waals surface area contributed by atoms with Crippen molar-refractivity contribution in [3.63, 3.8) is 0 Å². The molecule has 0 saturated heterocycles. The van der Waals surface area contributed by atoms with E-state index in [9.17, 15) is 0 Å². The lowest BCUT2D eigenvalue weighted by atomic mass is 9.80. The van der Waals surface area contributed by atoms with Gasteiger partial charge in [0.1, 0.15) is 17.5 Å². The quantitative estimate of drug-likeness (QED) is 0.522. The minimum Gasteiger partial charge on any atom is -0.376 e. The number of hydrogen-bond donors (Lipinski definition) is 3. The van der Waals surface area contributed by atoms with Gasteiger partial charge in [0.25, 0.3) is 0 Å². The highest BCUT2D eigenvalue weighted by Gasteiger charge is 2.36. The summed E-state index contributed by atoms with van der Waals surface area (Å²) in [6.45, 7) is 2.79. The Bertz CT molecular complexity index is 378. The van der Waals surface area contributed by atoms with Gasteiger partial charge >= 0.3 is 0 Å². The van der Waals surface area contributed by atoms with Gasteiger partial charge in [-0.3, -0.25) is 0 Å². The van der Waals surface area contributed by atoms with Crippen molar-refractivity contribution in [3.05, 3.63) is 11.9 Å². The van der Waals surface area contributed by atoms with Gasteiger partial charge in [0.15, 0.2) is 0 Å². The number of nitrogens with two attached hydrogens (primary N) is 1. The number of nitrogens with one attached hydrogen (secondary N) is 2. The molecule has 0 unspecified atom stereocenters. The summed E-state index contributed by atoms with van der Waals surface area (Å²) in [6, 6.07) is 1.81. The number of aromatic nitrogens is 2. The number of hydrazine groups is 1. The van der Waals surface area contributed by atoms with Crippen LogP contribution in [0.25, 0.3) is 0 Å². The molecule has 1 saturated carbocycles. The van der Waals surface area contributed by atoms with Crippen LogP contribution in [-0.2, 0) is 11.2 Å². The third-order valence-corrected chi connectivity index (χ3v) is 3.53. The Kier molecular flexibility index (Phi) is 3.98. The second-order valence-electron chi connectivity index (χ2n) is 4.65. The van der Waals surface area contributed by atoms with Gasteiger partial charge in [-0.25, -0.2) is 15.8 Å². The monoisotopic (exact) mass is 251 g/mol. The molecule has 2 rings (SSSR count). The Morgan fingerprint density at radius 3 is 2.61 bits per heavy atom. The fourth-order valence-corrected chi connectivity index (χ4v) is 2.10. The molecule has 18 heavy (non-hydrogen) atoms. The Hall–Kier alpha value is -1.40. The summed E-state index contributed by atoms with van der Waals surface area (Å²) >= 11 is 0. The van der Waals surface area contributed by atoms with E-state index in [1.165, 1.54) is 6.42 Å². The number of anilines is 2. The van der Waals surface area contributed by atoms with Crippen LogP contribution in [0.5, 0.6) is 0 Å². The molecule has 1 aromatic rings. The van der Waals surface area contributed by atoms with Crippen LogP contribution in [0.2, 0.25) is 0 Å². The smallest absolute Gasteiger partial charge is 0.145 e. The third kappa shape index (κ3) is 2.70. The van der Waals surface area contributed by atoms with Gasteiger partial charge in [-0.05, 0) is 19.3 Å². The molecule has 0 aromatic carbocycles. The maximum absolute atomic E-state index is 5.56. The van der Waals surface area contributed by atoms with Crippen LogP contribution in [0.4, 0.5) is 11.6 Å². The molecule has 1 heterocycles. The zero-order chi connectivity index (χ0) is 13.0. The van der Waals surface area contributed by atoms with Crippen molar-refractivity contribution in [3.8, 4) is 0 Å². The van der Waals surface area contributed by atoms with E-state index in [1.807, 2.05) is 6.92 Å². The molecule has 100 valence electrons. The van der Waals surface area contributed by atoms with E-state index in [0.29, 0.717) is 5.82 Å². The molecule has 1 fully saturated rings. The van der Waals surface area contributed by atoms with Crippen molar-refractivity contribution in [2.45, 2.75) is 38.2 Å². The van der Waals surface area contributed by atoms with Crippen LogP contribution in [0.15, 0.2) is 6.07 Å². The Labute approximate surface area is 107 Å². The third-order valence-electron chi connectivity index (χ3n) is 3.53. The molecule has 0 bridgehead atoms. The van der Waals surface area contributed by atoms with Crippen LogP contribution < -0.4 is 16.6 Å². The first kappa shape index (κ1) is 13.0. The first-order chi connectivity index (χ1) is 8.71. The standard InChI is InChI=1S/C12H21N5O/c1-3-9-15-10(7-11(16-9)17-13)14-8-12(18-2)5-4-6-12/h7H,3-6,8,13H2,1-2H3,(H2,14,15,16,17). The number of ether oxygens (including phenoxy) is 1. The number of aryl methyl sites for hydroxylation is 1. The number of hydrogen-bond acceptors (Lipinski definition) is 6. The highest BCUT2D eigenvalue weighted by Crippen LogP contribution is 2.35. The number of methoxy groups -OCH3 is 1. The maximum Gasteiger partial charge on any atom is 0.145 e. The Morgan fingerprint density at radius 1 is 1.39 bits per heavy atom. The van der Waals surface area contributed by atoms with Crippen LogP contribution in [-0.4, -0.2) is 29.2 Å². The minimum atomic E-state index is -0.0202. The molecular formula is C12H21N5O. The lowest BCUT2D eigenvalue weighted by Gasteiger charge is -2.40. The number of rotatable bonds is 6. The summed E-state index contributed by atoms with van der Waals surface area (Å²) in [6.07, 6.45) is 4.21. The molecule has 6 heteroatoms. The van der Waals surface area contributed by atoms with Crippen molar-refractivity contribution in [1.29, 1.82) is 0 Å². The second kappa shape index (κ2) is 5.49. The van der Waals surface area contributed by atoms with E-state index >= 15 is 0 Å². The lowest BCUT2D eigenvalue weighted by Crippen LogP contribution is -2.45. The number of nitrogen functional groups attached to an aromatic ring is 1. The van der Waals surface area contributed by atoms with Gasteiger partial charge in [-0.1, -0.05) is 6.92 Å². The molecule has 1 aromatic heterocycles. The zero-order valence-electron chi connectivity index (χ0n) is 11.0. The molecule has 0 aliphatic heterocycles. The SMILES string of the molecule is CCc1nc(NN)cc(NCC2(OC)CCC2)n1. The first-order valence-corrected chi connectivity index (χ1v) is 6.35. The summed E-state index contributed by atoms with van der Waals surface area (Å²) in [5, 5.41) is 3.32. The van der Waals surface area contributed by atoms with E-state index in [2.05, 4.69) is 20.7 Å². The molecule has 1 aliphatic rings. The van der Waals surface area contributed by atoms with Crippen LogP contribution in [0, 0.1) is 0 Å². The van der Waals surface area contributed by atoms with Gasteiger partial charge < -0.3 is 15.5 Å². The average Bonchev–Trinajstić information content (AvgIpc) is 2.37. The summed E-state index contributed by atoms with van der Waals surface area (Å²) in [5.74, 6) is 7.59. The Morgan fingerprint density at radius 2 is 2.11 bits per heavy atom. The van der Waals surface area contributed by atoms with E-state index < -0.39 is 0 Å². The van der Waals surface area contributed by atoms with E-state index in [4.69, 9.17) is 10.6 Å². The zero-order valence-corrected chi connectivity index (χ0v) is 11.0. The second-order valence-corrected chi connectivity index (χ2v) is 4.65. The average molecular weight is 251 g/mol. The van der Waals surface area contributed by atoms with Crippen LogP contribution >= 0.6 is 0 Å². The lowest BCUT2D eigenvalue weighted by molar-refractivity contribution is -0.0601. The van der Waals surface area contributed by atoms with Crippen molar-refractivity contribution >= 4 is 11.6 Å². The van der Waals surface area contributed by atoms with Gasteiger partial charge in [0.05, 0.1) is 5.60 Å². The largest absolute Gasteiger partial charge is 0.376 e. The van der Waals surface area contributed by atoms with E-state index in [1.54, 1.807) is 13.2 Å². The summed E-state index contributed by atoms with van der Waals surface area (Å²) in [7, 11) is 1.77. The molecule has 0 spiro atoms. The topological polar surface area (TPSA) is 85.1 Å². The minimum absolute atomic E-state index is 0.0202. The number of nitrogens with zero attached hydrogens (tertiary/aromatic N) is 2. The van der Waals surface area contributed by atoms with Gasteiger partial charge in [-0.15, -0.1) is 0 Å². The van der Waals surface area contributed by atoms with Gasteiger partial charge in [0, 0.05) is 26.1 Å². The van der Waals surface area contributed by atoms with Crippen LogP contribution in [0.1, 0.15) is 32.0 Å². The van der Waals surface area contributed by atoms with Crippen LogP contribution in [0.3, 0.4) is 0 Å². The fraction of sp³-hybridized carbons (Fsp3) is 0.667. The van der Waals surface area contributed by atoms with Crippen molar-refractivity contribution in [2.75, 3.05) is 24.4 Å². The molecule has 0 atom stereocenters. The molecule has 0 radical (unpaired) electrons. The van der Waals surface area contributed by atoms with Crippen molar-refractivity contribution in [2.24, 2.45) is 5.84 Å². The maximum atomic E-state index is 5.56. The Balaban J connectivity index is 2.04. The predicted molar refractivity (Wildman–Crippen MR) is 71.3 cm³/mol. The summed E-state index contributed by atoms with van der Waals surface area (Å²) in [4.78, 5) is 8.67. The predicted octanol–water partition coefficient (Wildman–Crippen LogP) is 1.31. The fourth-order valence-electron chi connectivity index (χ4n) is 2.10. The van der Waals surface area contributed by atoms with Crippen molar-refractivity contribution in [1.82, 2.24) is 9.97 Å². The molecular weight excluding hydrogens is 230 g/mol. The van der Waals surface area contributed by atoms with E-state index in [-0.39, 0.29) is 5.60 Å². The van der Waals surface area contributed by atoms with E-state index in [0.717, 1.165) is 37.4 Å².